The molecular formula is C19H31IN4O2. The van der Waals surface area contributed by atoms with Crippen LogP contribution in [-0.4, -0.2) is 56.7 Å². The predicted octanol–water partition coefficient (Wildman–Crippen LogP) is 2.63. The number of hydrogen-bond acceptors (Lipinski definition) is 3. The molecule has 146 valence electrons. The van der Waals surface area contributed by atoms with E-state index in [-0.39, 0.29) is 29.9 Å². The summed E-state index contributed by atoms with van der Waals surface area (Å²) in [5.74, 6) is 0.914. The maximum Gasteiger partial charge on any atom is 0.253 e. The predicted molar refractivity (Wildman–Crippen MR) is 116 cm³/mol. The Hall–Kier alpha value is -1.35. The van der Waals surface area contributed by atoms with Crippen molar-refractivity contribution in [2.24, 2.45) is 4.99 Å². The number of rotatable bonds is 7. The molecule has 6 nitrogen and oxygen atoms in total. The molecule has 1 fully saturated rings. The number of carbonyl (C=O) groups is 1. The first kappa shape index (κ1) is 22.7. The van der Waals surface area contributed by atoms with Gasteiger partial charge in [0.05, 0.1) is 13.2 Å². The molecule has 0 radical (unpaired) electrons. The third-order valence-electron chi connectivity index (χ3n) is 4.21. The molecule has 0 saturated carbocycles. The lowest BCUT2D eigenvalue weighted by Gasteiger charge is -2.26. The normalized spacial score (nSPS) is 14.5. The first-order chi connectivity index (χ1) is 12.2. The van der Waals surface area contributed by atoms with Gasteiger partial charge in [-0.3, -0.25) is 4.79 Å². The van der Waals surface area contributed by atoms with Gasteiger partial charge in [0.25, 0.3) is 5.91 Å². The van der Waals surface area contributed by atoms with Gasteiger partial charge in [-0.25, -0.2) is 4.99 Å². The van der Waals surface area contributed by atoms with Crippen LogP contribution < -0.4 is 10.6 Å². The van der Waals surface area contributed by atoms with Crippen molar-refractivity contribution in [1.82, 2.24) is 15.5 Å². The zero-order chi connectivity index (χ0) is 17.9. The fourth-order valence-corrected chi connectivity index (χ4v) is 2.82. The zero-order valence-electron chi connectivity index (χ0n) is 15.8. The Bertz CT molecular complexity index is 557. The van der Waals surface area contributed by atoms with Gasteiger partial charge >= 0.3 is 0 Å². The van der Waals surface area contributed by atoms with Gasteiger partial charge in [0.15, 0.2) is 5.96 Å². The highest BCUT2D eigenvalue weighted by molar-refractivity contribution is 14.0. The number of nitrogens with zero attached hydrogens (tertiary/aromatic N) is 2. The summed E-state index contributed by atoms with van der Waals surface area (Å²) in [5, 5.41) is 6.42. The van der Waals surface area contributed by atoms with Crippen LogP contribution in [0.1, 0.15) is 42.1 Å². The molecule has 1 heterocycles. The van der Waals surface area contributed by atoms with Crippen LogP contribution in [0, 0.1) is 0 Å². The third kappa shape index (κ3) is 7.49. The van der Waals surface area contributed by atoms with E-state index in [1.807, 2.05) is 36.1 Å². The van der Waals surface area contributed by atoms with Crippen LogP contribution in [0.5, 0.6) is 0 Å². The van der Waals surface area contributed by atoms with Gasteiger partial charge in [-0.1, -0.05) is 12.1 Å². The Kier molecular flexibility index (Phi) is 11.3. The number of halogens is 1. The fourth-order valence-electron chi connectivity index (χ4n) is 2.82. The Labute approximate surface area is 173 Å². The fraction of sp³-hybridized carbons (Fsp3) is 0.579. The number of carbonyl (C=O) groups excluding carboxylic acids is 1. The number of methoxy groups -OCH3 is 1. The van der Waals surface area contributed by atoms with Gasteiger partial charge in [0.1, 0.15) is 0 Å². The number of hydrogen-bond donors (Lipinski definition) is 2. The van der Waals surface area contributed by atoms with E-state index in [2.05, 4.69) is 15.6 Å². The molecule has 0 aliphatic carbocycles. The number of likely N-dealkylation sites (tertiary alicyclic amines) is 1. The van der Waals surface area contributed by atoms with Crippen LogP contribution in [0.25, 0.3) is 0 Å². The Morgan fingerprint density at radius 2 is 1.85 bits per heavy atom. The van der Waals surface area contributed by atoms with E-state index in [4.69, 9.17) is 4.74 Å². The van der Waals surface area contributed by atoms with Crippen LogP contribution in [0.15, 0.2) is 29.3 Å². The number of aliphatic imine (C=N–C) groups is 1. The van der Waals surface area contributed by atoms with Crippen molar-refractivity contribution in [2.45, 2.75) is 32.7 Å². The number of benzene rings is 1. The van der Waals surface area contributed by atoms with Crippen molar-refractivity contribution < 1.29 is 9.53 Å². The lowest BCUT2D eigenvalue weighted by atomic mass is 10.1. The number of amides is 1. The van der Waals surface area contributed by atoms with Crippen molar-refractivity contribution in [3.63, 3.8) is 0 Å². The quantitative estimate of drug-likeness (QED) is 0.276. The highest BCUT2D eigenvalue weighted by atomic mass is 127. The lowest BCUT2D eigenvalue weighted by molar-refractivity contribution is 0.0724. The van der Waals surface area contributed by atoms with E-state index in [1.54, 1.807) is 7.11 Å². The topological polar surface area (TPSA) is 66.0 Å². The summed E-state index contributed by atoms with van der Waals surface area (Å²) < 4.78 is 5.04. The molecule has 0 bridgehead atoms. The Morgan fingerprint density at radius 1 is 1.15 bits per heavy atom. The molecule has 1 aromatic rings. The van der Waals surface area contributed by atoms with Crippen molar-refractivity contribution in [3.05, 3.63) is 35.4 Å². The molecule has 7 heteroatoms. The van der Waals surface area contributed by atoms with Crippen LogP contribution >= 0.6 is 24.0 Å². The maximum absolute atomic E-state index is 12.5. The van der Waals surface area contributed by atoms with Gasteiger partial charge in [-0.15, -0.1) is 24.0 Å². The van der Waals surface area contributed by atoms with Gasteiger partial charge in [-0.2, -0.15) is 0 Å². The smallest absolute Gasteiger partial charge is 0.253 e. The standard InChI is InChI=1S/C19H30N4O2.HI/c1-3-20-19(21-11-14-25-2)22-15-16-7-9-17(10-8-16)18(24)23-12-5-4-6-13-23;/h7-10H,3-6,11-15H2,1-2H3,(H2,20,21,22);1H. The van der Waals surface area contributed by atoms with E-state index in [9.17, 15) is 4.79 Å². The average molecular weight is 474 g/mol. The van der Waals surface area contributed by atoms with E-state index in [0.29, 0.717) is 19.7 Å². The lowest BCUT2D eigenvalue weighted by Crippen LogP contribution is -2.38. The van der Waals surface area contributed by atoms with E-state index < -0.39 is 0 Å². The molecule has 1 aliphatic rings. The molecule has 0 unspecified atom stereocenters. The second kappa shape index (κ2) is 12.9. The summed E-state index contributed by atoms with van der Waals surface area (Å²) in [7, 11) is 1.68. The SMILES string of the molecule is CCNC(=NCc1ccc(C(=O)N2CCCCC2)cc1)NCCOC.I. The van der Waals surface area contributed by atoms with Crippen molar-refractivity contribution in [1.29, 1.82) is 0 Å². The second-order valence-corrected chi connectivity index (χ2v) is 6.16. The van der Waals surface area contributed by atoms with Gasteiger partial charge in [-0.05, 0) is 43.9 Å². The van der Waals surface area contributed by atoms with Gasteiger partial charge in [0.2, 0.25) is 0 Å². The van der Waals surface area contributed by atoms with E-state index >= 15 is 0 Å². The molecule has 1 aliphatic heterocycles. The molecule has 0 aromatic heterocycles. The minimum Gasteiger partial charge on any atom is -0.383 e. The van der Waals surface area contributed by atoms with Gasteiger partial charge < -0.3 is 20.3 Å². The van der Waals surface area contributed by atoms with E-state index in [1.165, 1.54) is 6.42 Å². The van der Waals surface area contributed by atoms with Crippen LogP contribution in [0.3, 0.4) is 0 Å². The summed E-state index contributed by atoms with van der Waals surface area (Å²) in [6.07, 6.45) is 3.46. The Balaban J connectivity index is 0.00000338. The average Bonchev–Trinajstić information content (AvgIpc) is 2.67. The summed E-state index contributed by atoms with van der Waals surface area (Å²) in [5.41, 5.74) is 1.85. The molecule has 1 saturated heterocycles. The van der Waals surface area contributed by atoms with E-state index in [0.717, 1.165) is 49.6 Å². The molecule has 1 amide bonds. The third-order valence-corrected chi connectivity index (χ3v) is 4.21. The minimum atomic E-state index is 0. The second-order valence-electron chi connectivity index (χ2n) is 6.16. The summed E-state index contributed by atoms with van der Waals surface area (Å²) in [6, 6.07) is 7.79. The molecule has 26 heavy (non-hydrogen) atoms. The molecule has 2 rings (SSSR count). The first-order valence-electron chi connectivity index (χ1n) is 9.14. The molecule has 0 spiro atoms. The number of piperidine rings is 1. The summed E-state index contributed by atoms with van der Waals surface area (Å²) >= 11 is 0. The van der Waals surface area contributed by atoms with Gasteiger partial charge in [0, 0.05) is 38.9 Å². The number of nitrogens with one attached hydrogen (secondary N) is 2. The molecule has 2 N–H and O–H groups in total. The maximum atomic E-state index is 12.5. The Morgan fingerprint density at radius 3 is 2.46 bits per heavy atom. The molecular weight excluding hydrogens is 443 g/mol. The summed E-state index contributed by atoms with van der Waals surface area (Å²) in [4.78, 5) is 19.0. The van der Waals surface area contributed by atoms with Crippen LogP contribution in [0.4, 0.5) is 0 Å². The van der Waals surface area contributed by atoms with Crippen molar-refractivity contribution in [2.75, 3.05) is 39.9 Å². The van der Waals surface area contributed by atoms with Crippen molar-refractivity contribution in [3.8, 4) is 0 Å². The zero-order valence-corrected chi connectivity index (χ0v) is 18.1. The number of guanidine groups is 1. The number of ether oxygens (including phenoxy) is 1. The largest absolute Gasteiger partial charge is 0.383 e. The first-order valence-corrected chi connectivity index (χ1v) is 9.14. The minimum absolute atomic E-state index is 0. The summed E-state index contributed by atoms with van der Waals surface area (Å²) in [6.45, 7) is 6.52. The molecule has 1 aromatic carbocycles. The monoisotopic (exact) mass is 474 g/mol. The van der Waals surface area contributed by atoms with Crippen LogP contribution in [-0.2, 0) is 11.3 Å². The highest BCUT2D eigenvalue weighted by Crippen LogP contribution is 2.14. The highest BCUT2D eigenvalue weighted by Gasteiger charge is 2.17. The van der Waals surface area contributed by atoms with Crippen molar-refractivity contribution >= 4 is 35.8 Å². The van der Waals surface area contributed by atoms with Crippen LogP contribution in [0.2, 0.25) is 0 Å². The molecule has 0 atom stereocenters.